The molecule has 5 aromatic rings. The number of benzene rings is 4. The van der Waals surface area contributed by atoms with Gasteiger partial charge in [0.15, 0.2) is 0 Å². The molecule has 3 aliphatic heterocycles. The molecule has 1 aromatic heterocycles. The van der Waals surface area contributed by atoms with E-state index in [0.29, 0.717) is 32.0 Å². The van der Waals surface area contributed by atoms with Gasteiger partial charge in [-0.25, -0.2) is 4.79 Å². The predicted octanol–water partition coefficient (Wildman–Crippen LogP) is 11.3. The largest absolute Gasteiger partial charge is 0.465 e. The summed E-state index contributed by atoms with van der Waals surface area (Å²) in [5.74, 6) is 0.0840. The van der Waals surface area contributed by atoms with Gasteiger partial charge in [-0.3, -0.25) is 9.69 Å². The molecule has 1 saturated carbocycles. The van der Waals surface area contributed by atoms with Gasteiger partial charge in [-0.2, -0.15) is 0 Å². The average molecular weight is 835 g/mol. The number of ether oxygens (including phenoxy) is 1. The van der Waals surface area contributed by atoms with E-state index in [-0.39, 0.29) is 17.9 Å². The highest BCUT2D eigenvalue weighted by Gasteiger charge is 2.40. The van der Waals surface area contributed by atoms with Crippen LogP contribution in [-0.2, 0) is 4.74 Å². The smallest absolute Gasteiger partial charge is 0.337 e. The number of aromatic amines is 1. The topological polar surface area (TPSA) is 80.9 Å². The maximum absolute atomic E-state index is 15.1. The van der Waals surface area contributed by atoms with Gasteiger partial charge in [0.25, 0.3) is 5.91 Å². The summed E-state index contributed by atoms with van der Waals surface area (Å²) in [6.07, 6.45) is 10.4. The second-order valence-electron chi connectivity index (χ2n) is 16.0. The van der Waals surface area contributed by atoms with Crippen molar-refractivity contribution in [2.75, 3.05) is 50.1 Å². The van der Waals surface area contributed by atoms with Gasteiger partial charge in [0, 0.05) is 70.5 Å². The van der Waals surface area contributed by atoms with Gasteiger partial charge in [0.2, 0.25) is 0 Å². The van der Waals surface area contributed by atoms with E-state index in [1.54, 1.807) is 18.2 Å². The lowest BCUT2D eigenvalue weighted by atomic mass is 9.82. The SMILES string of the molecule is COC(=O)c1ccc(N2CCN(CC3CCCC3)CC2)c(NC(=O)c2[nH]c3cc(Cl)cc4c3c2C2=C(c3ccccc3)C(C)CC=CN2C4c2ccc(Cl)cc2Cl)c1. The van der Waals surface area contributed by atoms with Crippen molar-refractivity contribution in [1.29, 1.82) is 0 Å². The zero-order valence-corrected chi connectivity index (χ0v) is 34.9. The second-order valence-corrected chi connectivity index (χ2v) is 17.3. The summed E-state index contributed by atoms with van der Waals surface area (Å²) < 4.78 is 5.12. The Labute approximate surface area is 354 Å². The molecular weight excluding hydrogens is 789 g/mol. The highest BCUT2D eigenvalue weighted by molar-refractivity contribution is 6.35. The van der Waals surface area contributed by atoms with Crippen LogP contribution in [0.5, 0.6) is 0 Å². The first kappa shape index (κ1) is 38.8. The van der Waals surface area contributed by atoms with Crippen LogP contribution in [-0.4, -0.2) is 66.5 Å². The maximum Gasteiger partial charge on any atom is 0.337 e. The van der Waals surface area contributed by atoms with Crippen molar-refractivity contribution in [3.05, 3.63) is 140 Å². The fourth-order valence-electron chi connectivity index (χ4n) is 9.67. The van der Waals surface area contributed by atoms with Gasteiger partial charge >= 0.3 is 5.97 Å². The van der Waals surface area contributed by atoms with Gasteiger partial charge in [-0.1, -0.05) is 97.0 Å². The van der Waals surface area contributed by atoms with E-state index in [0.717, 1.165) is 95.2 Å². The molecule has 2 atom stereocenters. The monoisotopic (exact) mass is 833 g/mol. The van der Waals surface area contributed by atoms with Crippen molar-refractivity contribution in [3.8, 4) is 0 Å². The van der Waals surface area contributed by atoms with Crippen LogP contribution in [0.15, 0.2) is 91.1 Å². The molecule has 1 saturated heterocycles. The lowest BCUT2D eigenvalue weighted by Gasteiger charge is -2.40. The number of amides is 1. The standard InChI is InChI=1S/C47H46Cl3N5O3/c1-28-9-8-18-55-44(34-16-15-32(48)25-36(34)50)35-24-33(49)26-38-41(35)42(45(55)40(28)30-12-4-3-5-13-30)43(51-38)46(56)52-37-23-31(47(57)58-2)14-17-39(37)54-21-19-53(20-22-54)27-29-10-6-7-11-29/h3-5,8,12-18,23-26,28-29,44,51H,6-7,9-11,19-22,27H2,1-2H3,(H,52,56). The molecule has 1 amide bonds. The number of piperazine rings is 1. The Morgan fingerprint density at radius 2 is 1.66 bits per heavy atom. The molecular formula is C47H46Cl3N5O3. The van der Waals surface area contributed by atoms with Crippen LogP contribution in [0.3, 0.4) is 0 Å². The van der Waals surface area contributed by atoms with Crippen molar-refractivity contribution >= 4 is 80.2 Å². The number of anilines is 2. The first-order valence-electron chi connectivity index (χ1n) is 20.2. The highest BCUT2D eigenvalue weighted by Crippen LogP contribution is 2.54. The number of esters is 1. The molecule has 2 fully saturated rings. The number of rotatable bonds is 8. The summed E-state index contributed by atoms with van der Waals surface area (Å²) in [7, 11) is 1.37. The Hall–Kier alpha value is -4.73. The molecule has 8 nitrogen and oxygen atoms in total. The number of aromatic nitrogens is 1. The molecule has 9 rings (SSSR count). The first-order valence-corrected chi connectivity index (χ1v) is 21.4. The molecule has 2 unspecified atom stereocenters. The lowest BCUT2D eigenvalue weighted by Crippen LogP contribution is -2.47. The first-order chi connectivity index (χ1) is 28.2. The molecule has 4 aliphatic rings. The molecule has 11 heteroatoms. The third kappa shape index (κ3) is 7.19. The number of nitrogens with one attached hydrogen (secondary N) is 2. The van der Waals surface area contributed by atoms with Crippen molar-refractivity contribution in [2.24, 2.45) is 11.8 Å². The van der Waals surface area contributed by atoms with Crippen LogP contribution in [0.2, 0.25) is 15.1 Å². The Balaban J connectivity index is 1.19. The minimum Gasteiger partial charge on any atom is -0.465 e. The molecule has 0 bridgehead atoms. The number of carbonyl (C=O) groups excluding carboxylic acids is 2. The van der Waals surface area contributed by atoms with Gasteiger partial charge in [0.05, 0.1) is 35.8 Å². The van der Waals surface area contributed by atoms with Crippen molar-refractivity contribution in [2.45, 2.75) is 45.1 Å². The third-order valence-electron chi connectivity index (χ3n) is 12.4. The zero-order chi connectivity index (χ0) is 40.1. The van der Waals surface area contributed by atoms with Crippen molar-refractivity contribution in [3.63, 3.8) is 0 Å². The van der Waals surface area contributed by atoms with Gasteiger partial charge < -0.3 is 24.8 Å². The number of fused-ring (bicyclic) bond motifs is 2. The number of H-pyrrole nitrogens is 1. The number of halogens is 3. The van der Waals surface area contributed by atoms with E-state index in [2.05, 4.69) is 56.3 Å². The molecule has 0 spiro atoms. The molecule has 4 aromatic carbocycles. The van der Waals surface area contributed by atoms with E-state index in [1.165, 1.54) is 32.8 Å². The van der Waals surface area contributed by atoms with E-state index >= 15 is 4.79 Å². The maximum atomic E-state index is 15.1. The Kier molecular flexibility index (Phi) is 10.8. The molecule has 0 radical (unpaired) electrons. The van der Waals surface area contributed by atoms with Crippen LogP contribution in [0.4, 0.5) is 11.4 Å². The van der Waals surface area contributed by atoms with Crippen LogP contribution in [0.25, 0.3) is 22.2 Å². The zero-order valence-electron chi connectivity index (χ0n) is 32.7. The van der Waals surface area contributed by atoms with Crippen LogP contribution >= 0.6 is 34.8 Å². The Bertz CT molecular complexity index is 2460. The van der Waals surface area contributed by atoms with E-state index < -0.39 is 5.97 Å². The summed E-state index contributed by atoms with van der Waals surface area (Å²) in [6.45, 7) is 6.88. The Morgan fingerprint density at radius 3 is 2.40 bits per heavy atom. The molecule has 58 heavy (non-hydrogen) atoms. The number of carbonyl (C=O) groups is 2. The summed E-state index contributed by atoms with van der Waals surface area (Å²) in [4.78, 5) is 38.7. The number of hydrogen-bond acceptors (Lipinski definition) is 6. The summed E-state index contributed by atoms with van der Waals surface area (Å²) in [5, 5.41) is 5.79. The molecule has 1 aliphatic carbocycles. The Morgan fingerprint density at radius 1 is 0.879 bits per heavy atom. The fourth-order valence-corrected chi connectivity index (χ4v) is 10.4. The third-order valence-corrected chi connectivity index (χ3v) is 13.2. The normalized spacial score (nSPS) is 19.7. The highest BCUT2D eigenvalue weighted by atomic mass is 35.5. The van der Waals surface area contributed by atoms with Crippen LogP contribution in [0, 0.1) is 11.8 Å². The van der Waals surface area contributed by atoms with Gasteiger partial charge in [-0.15, -0.1) is 0 Å². The number of nitrogens with zero attached hydrogens (tertiary/aromatic N) is 3. The van der Waals surface area contributed by atoms with Gasteiger partial charge in [-0.05, 0) is 95.8 Å². The summed E-state index contributed by atoms with van der Waals surface area (Å²) >= 11 is 20.4. The van der Waals surface area contributed by atoms with Gasteiger partial charge in [0.1, 0.15) is 5.69 Å². The van der Waals surface area contributed by atoms with Crippen LogP contribution in [0.1, 0.15) is 88.2 Å². The molecule has 4 heterocycles. The summed E-state index contributed by atoms with van der Waals surface area (Å²) in [6, 6.07) is 24.9. The number of allylic oxidation sites excluding steroid dienone is 2. The molecule has 2 N–H and O–H groups in total. The minimum absolute atomic E-state index is 0.102. The second kappa shape index (κ2) is 16.1. The average Bonchev–Trinajstić information content (AvgIpc) is 3.84. The number of hydrogen-bond donors (Lipinski definition) is 2. The summed E-state index contributed by atoms with van der Waals surface area (Å²) in [5.41, 5.74) is 8.56. The fraction of sp³-hybridized carbons (Fsp3) is 0.319. The van der Waals surface area contributed by atoms with E-state index in [9.17, 15) is 4.79 Å². The minimum atomic E-state index is -0.470. The van der Waals surface area contributed by atoms with Crippen molar-refractivity contribution < 1.29 is 14.3 Å². The van der Waals surface area contributed by atoms with E-state index in [1.807, 2.05) is 48.5 Å². The quantitative estimate of drug-likeness (QED) is 0.152. The van der Waals surface area contributed by atoms with Crippen molar-refractivity contribution in [1.82, 2.24) is 14.8 Å². The van der Waals surface area contributed by atoms with E-state index in [4.69, 9.17) is 39.5 Å². The molecule has 298 valence electrons. The van der Waals surface area contributed by atoms with Crippen LogP contribution < -0.4 is 10.2 Å². The predicted molar refractivity (Wildman–Crippen MR) is 236 cm³/mol. The lowest BCUT2D eigenvalue weighted by molar-refractivity contribution is 0.0600. The number of methoxy groups -OCH3 is 1.